The van der Waals surface area contributed by atoms with Crippen LogP contribution in [0.2, 0.25) is 0 Å². The van der Waals surface area contributed by atoms with Crippen molar-refractivity contribution in [3.8, 4) is 0 Å². The number of morpholine rings is 1. The van der Waals surface area contributed by atoms with E-state index in [2.05, 4.69) is 34.5 Å². The lowest BCUT2D eigenvalue weighted by molar-refractivity contribution is 0.0164. The number of halogens is 1. The Morgan fingerprint density at radius 1 is 1.00 bits per heavy atom. The van der Waals surface area contributed by atoms with Gasteiger partial charge < -0.3 is 15.0 Å². The number of nitrogens with one attached hydrogen (secondary N) is 1. The molecule has 2 aliphatic rings. The first-order valence-corrected chi connectivity index (χ1v) is 11.3. The lowest BCUT2D eigenvalue weighted by atomic mass is 9.90. The number of hydrogen-bond donors (Lipinski definition) is 1. The highest BCUT2D eigenvalue weighted by Gasteiger charge is 2.26. The molecule has 4 rings (SSSR count). The molecule has 31 heavy (non-hydrogen) atoms. The van der Waals surface area contributed by atoms with Gasteiger partial charge in [-0.3, -0.25) is 4.90 Å². The van der Waals surface area contributed by atoms with Crippen molar-refractivity contribution in [3.05, 3.63) is 71.5 Å². The van der Waals surface area contributed by atoms with Gasteiger partial charge in [0, 0.05) is 32.7 Å². The Kier molecular flexibility index (Phi) is 7.54. The summed E-state index contributed by atoms with van der Waals surface area (Å²) < 4.78 is 18.9. The first-order valence-electron chi connectivity index (χ1n) is 11.3. The molecule has 2 aromatic carbocycles. The summed E-state index contributed by atoms with van der Waals surface area (Å²) in [7, 11) is 0. The molecule has 0 spiro atoms. The van der Waals surface area contributed by atoms with Gasteiger partial charge in [-0.15, -0.1) is 0 Å². The summed E-state index contributed by atoms with van der Waals surface area (Å²) in [6, 6.07) is 17.2. The normalized spacial score (nSPS) is 19.2. The lowest BCUT2D eigenvalue weighted by Gasteiger charge is -2.36. The zero-order chi connectivity index (χ0) is 21.5. The van der Waals surface area contributed by atoms with Crippen LogP contribution in [0.25, 0.3) is 0 Å². The second kappa shape index (κ2) is 10.7. The van der Waals surface area contributed by atoms with Crippen molar-refractivity contribution in [2.24, 2.45) is 5.92 Å². The van der Waals surface area contributed by atoms with E-state index in [1.54, 1.807) is 0 Å². The summed E-state index contributed by atoms with van der Waals surface area (Å²) in [5.74, 6) is 0.388. The molecule has 5 nitrogen and oxygen atoms in total. The van der Waals surface area contributed by atoms with E-state index < -0.39 is 0 Å². The molecule has 2 amide bonds. The van der Waals surface area contributed by atoms with Crippen LogP contribution in [0.1, 0.15) is 30.0 Å². The lowest BCUT2D eigenvalue weighted by Crippen LogP contribution is -2.48. The number of carbonyl (C=O) groups is 1. The predicted octanol–water partition coefficient (Wildman–Crippen LogP) is 3.86. The van der Waals surface area contributed by atoms with Crippen molar-refractivity contribution >= 4 is 6.03 Å². The van der Waals surface area contributed by atoms with Crippen molar-refractivity contribution in [2.75, 3.05) is 45.9 Å². The maximum absolute atomic E-state index is 13.4. The monoisotopic (exact) mass is 425 g/mol. The van der Waals surface area contributed by atoms with E-state index in [0.29, 0.717) is 25.7 Å². The first kappa shape index (κ1) is 21.8. The molecule has 166 valence electrons. The summed E-state index contributed by atoms with van der Waals surface area (Å²) in [6.07, 6.45) is 3.15. The molecule has 1 atom stereocenters. The molecule has 0 unspecified atom stereocenters. The third kappa shape index (κ3) is 6.05. The Hall–Kier alpha value is -2.44. The Morgan fingerprint density at radius 3 is 2.35 bits per heavy atom. The largest absolute Gasteiger partial charge is 0.379 e. The maximum atomic E-state index is 13.4. The van der Waals surface area contributed by atoms with Gasteiger partial charge >= 0.3 is 6.03 Å². The van der Waals surface area contributed by atoms with Gasteiger partial charge in [0.2, 0.25) is 0 Å². The van der Waals surface area contributed by atoms with E-state index >= 15 is 0 Å². The van der Waals surface area contributed by atoms with Crippen LogP contribution in [0.3, 0.4) is 0 Å². The molecule has 0 bridgehead atoms. The van der Waals surface area contributed by atoms with Gasteiger partial charge in [-0.2, -0.15) is 0 Å². The fourth-order valence-electron chi connectivity index (χ4n) is 4.62. The molecule has 2 aliphatic heterocycles. The van der Waals surface area contributed by atoms with Gasteiger partial charge in [-0.25, -0.2) is 9.18 Å². The zero-order valence-electron chi connectivity index (χ0n) is 18.0. The standard InChI is InChI=1S/C25H32FN3O2/c26-23-8-6-22(7-9-23)24(28-14-16-31-17-15-28)19-27-25(30)29-12-10-21(11-13-29)18-20-4-2-1-3-5-20/h1-9,21,24H,10-19H2,(H,27,30)/t24-/m1/s1. The predicted molar refractivity (Wildman–Crippen MR) is 119 cm³/mol. The van der Waals surface area contributed by atoms with Crippen LogP contribution in [0, 0.1) is 11.7 Å². The molecule has 0 aromatic heterocycles. The Labute approximate surface area is 184 Å². The smallest absolute Gasteiger partial charge is 0.317 e. The van der Waals surface area contributed by atoms with E-state index in [0.717, 1.165) is 51.0 Å². The van der Waals surface area contributed by atoms with Crippen LogP contribution in [-0.2, 0) is 11.2 Å². The van der Waals surface area contributed by atoms with E-state index in [4.69, 9.17) is 4.74 Å². The second-order valence-corrected chi connectivity index (χ2v) is 8.52. The minimum absolute atomic E-state index is 0.00136. The van der Waals surface area contributed by atoms with Crippen molar-refractivity contribution in [3.63, 3.8) is 0 Å². The fourth-order valence-corrected chi connectivity index (χ4v) is 4.62. The van der Waals surface area contributed by atoms with Crippen LogP contribution in [0.4, 0.5) is 9.18 Å². The highest BCUT2D eigenvalue weighted by Crippen LogP contribution is 2.23. The van der Waals surface area contributed by atoms with Crippen molar-refractivity contribution < 1.29 is 13.9 Å². The summed E-state index contributed by atoms with van der Waals surface area (Å²) in [5.41, 5.74) is 2.39. The number of benzene rings is 2. The number of rotatable bonds is 6. The number of hydrogen-bond acceptors (Lipinski definition) is 3. The molecular formula is C25H32FN3O2. The van der Waals surface area contributed by atoms with E-state index in [-0.39, 0.29) is 17.9 Å². The molecular weight excluding hydrogens is 393 g/mol. The average Bonchev–Trinajstić information content (AvgIpc) is 2.82. The number of nitrogens with zero attached hydrogens (tertiary/aromatic N) is 2. The van der Waals surface area contributed by atoms with Gasteiger partial charge in [0.25, 0.3) is 0 Å². The summed E-state index contributed by atoms with van der Waals surface area (Å²) in [5, 5.41) is 3.14. The number of ether oxygens (including phenoxy) is 1. The SMILES string of the molecule is O=C(NC[C@H](c1ccc(F)cc1)N1CCOCC1)N1CCC(Cc2ccccc2)CC1. The summed E-state index contributed by atoms with van der Waals surface area (Å²) in [6.45, 7) is 5.07. The molecule has 0 aliphatic carbocycles. The third-order valence-electron chi connectivity index (χ3n) is 6.46. The zero-order valence-corrected chi connectivity index (χ0v) is 18.0. The minimum Gasteiger partial charge on any atom is -0.379 e. The fraction of sp³-hybridized carbons (Fsp3) is 0.480. The topological polar surface area (TPSA) is 44.8 Å². The minimum atomic E-state index is -0.244. The number of carbonyl (C=O) groups excluding carboxylic acids is 1. The number of piperidine rings is 1. The van der Waals surface area contributed by atoms with Crippen molar-refractivity contribution in [2.45, 2.75) is 25.3 Å². The Bertz CT molecular complexity index is 816. The molecule has 2 heterocycles. The maximum Gasteiger partial charge on any atom is 0.317 e. The third-order valence-corrected chi connectivity index (χ3v) is 6.46. The summed E-state index contributed by atoms with van der Waals surface area (Å²) >= 11 is 0. The highest BCUT2D eigenvalue weighted by molar-refractivity contribution is 5.74. The summed E-state index contributed by atoms with van der Waals surface area (Å²) in [4.78, 5) is 17.1. The van der Waals surface area contributed by atoms with Gasteiger partial charge in [0.05, 0.1) is 19.3 Å². The number of amides is 2. The molecule has 2 aromatic rings. The quantitative estimate of drug-likeness (QED) is 0.764. The Balaban J connectivity index is 1.30. The first-order chi connectivity index (χ1) is 15.2. The highest BCUT2D eigenvalue weighted by atomic mass is 19.1. The van der Waals surface area contributed by atoms with E-state index in [1.165, 1.54) is 17.7 Å². The van der Waals surface area contributed by atoms with Crippen molar-refractivity contribution in [1.82, 2.24) is 15.1 Å². The Morgan fingerprint density at radius 2 is 1.68 bits per heavy atom. The molecule has 2 fully saturated rings. The second-order valence-electron chi connectivity index (χ2n) is 8.52. The van der Waals surface area contributed by atoms with Crippen molar-refractivity contribution in [1.29, 1.82) is 0 Å². The van der Waals surface area contributed by atoms with Gasteiger partial charge in [-0.05, 0) is 48.4 Å². The molecule has 6 heteroatoms. The van der Waals surface area contributed by atoms with Gasteiger partial charge in [-0.1, -0.05) is 42.5 Å². The van der Waals surface area contributed by atoms with Crippen LogP contribution < -0.4 is 5.32 Å². The molecule has 2 saturated heterocycles. The van der Waals surface area contributed by atoms with Crippen LogP contribution in [-0.4, -0.2) is 61.8 Å². The van der Waals surface area contributed by atoms with E-state index in [1.807, 2.05) is 23.1 Å². The molecule has 0 saturated carbocycles. The van der Waals surface area contributed by atoms with Gasteiger partial charge in [0.1, 0.15) is 5.82 Å². The van der Waals surface area contributed by atoms with Gasteiger partial charge in [0.15, 0.2) is 0 Å². The van der Waals surface area contributed by atoms with Crippen LogP contribution in [0.5, 0.6) is 0 Å². The van der Waals surface area contributed by atoms with E-state index in [9.17, 15) is 9.18 Å². The number of urea groups is 1. The van der Waals surface area contributed by atoms with Crippen LogP contribution >= 0.6 is 0 Å². The molecule has 0 radical (unpaired) electrons. The van der Waals surface area contributed by atoms with Crippen LogP contribution in [0.15, 0.2) is 54.6 Å². The average molecular weight is 426 g/mol. The molecule has 1 N–H and O–H groups in total. The number of likely N-dealkylation sites (tertiary alicyclic amines) is 1.